The highest BCUT2D eigenvalue weighted by molar-refractivity contribution is 4.99. The SMILES string of the molecule is CC[C](C(C)CC)C(C)C(C)C(C)C. The van der Waals surface area contributed by atoms with E-state index in [0.29, 0.717) is 0 Å². The third-order valence-corrected chi connectivity index (χ3v) is 4.08. The van der Waals surface area contributed by atoms with E-state index in [1.54, 1.807) is 5.92 Å². The highest BCUT2D eigenvalue weighted by Crippen LogP contribution is 2.36. The normalized spacial score (nSPS) is 18.6. The summed E-state index contributed by atoms with van der Waals surface area (Å²) in [5.41, 5.74) is 0. The molecule has 14 heavy (non-hydrogen) atoms. The van der Waals surface area contributed by atoms with Crippen molar-refractivity contribution in [3.05, 3.63) is 5.92 Å². The maximum Gasteiger partial charge on any atom is -0.0185 e. The van der Waals surface area contributed by atoms with Crippen molar-refractivity contribution in [2.45, 2.75) is 61.3 Å². The van der Waals surface area contributed by atoms with Gasteiger partial charge in [0.1, 0.15) is 0 Å². The van der Waals surface area contributed by atoms with Gasteiger partial charge < -0.3 is 0 Å². The zero-order valence-corrected chi connectivity index (χ0v) is 11.2. The van der Waals surface area contributed by atoms with Gasteiger partial charge in [-0.05, 0) is 36.0 Å². The second kappa shape index (κ2) is 6.48. The van der Waals surface area contributed by atoms with Crippen LogP contribution in [0.5, 0.6) is 0 Å². The van der Waals surface area contributed by atoms with Crippen LogP contribution in [-0.4, -0.2) is 0 Å². The van der Waals surface area contributed by atoms with Gasteiger partial charge in [0.15, 0.2) is 0 Å². The monoisotopic (exact) mass is 197 g/mol. The molecule has 0 aromatic heterocycles. The van der Waals surface area contributed by atoms with Gasteiger partial charge in [-0.1, -0.05) is 54.9 Å². The number of hydrogen-bond acceptors (Lipinski definition) is 0. The zero-order chi connectivity index (χ0) is 11.3. The Morgan fingerprint density at radius 2 is 1.43 bits per heavy atom. The Kier molecular flexibility index (Phi) is 6.48. The minimum absolute atomic E-state index is 0.787. The van der Waals surface area contributed by atoms with E-state index in [9.17, 15) is 0 Å². The Balaban J connectivity index is 4.37. The molecule has 0 saturated heterocycles. The van der Waals surface area contributed by atoms with Crippen LogP contribution in [0.3, 0.4) is 0 Å². The molecule has 0 N–H and O–H groups in total. The predicted octanol–water partition coefficient (Wildman–Crippen LogP) is 4.95. The van der Waals surface area contributed by atoms with E-state index in [-0.39, 0.29) is 0 Å². The molecule has 0 aromatic carbocycles. The van der Waals surface area contributed by atoms with Gasteiger partial charge in [-0.3, -0.25) is 0 Å². The fourth-order valence-corrected chi connectivity index (χ4v) is 2.30. The van der Waals surface area contributed by atoms with Crippen LogP contribution >= 0.6 is 0 Å². The summed E-state index contributed by atoms with van der Waals surface area (Å²) in [6.07, 6.45) is 2.55. The van der Waals surface area contributed by atoms with Crippen molar-refractivity contribution < 1.29 is 0 Å². The molecule has 0 heteroatoms. The van der Waals surface area contributed by atoms with Gasteiger partial charge in [-0.25, -0.2) is 0 Å². The molecule has 0 fully saturated rings. The minimum Gasteiger partial charge on any atom is -0.0651 e. The largest absolute Gasteiger partial charge is 0.0651 e. The second-order valence-electron chi connectivity index (χ2n) is 5.13. The highest BCUT2D eigenvalue weighted by Gasteiger charge is 2.27. The lowest BCUT2D eigenvalue weighted by molar-refractivity contribution is 0.269. The topological polar surface area (TPSA) is 0 Å². The van der Waals surface area contributed by atoms with Crippen LogP contribution in [0.25, 0.3) is 0 Å². The molecule has 0 rings (SSSR count). The molecule has 0 aromatic rings. The molecule has 0 aliphatic carbocycles. The summed E-state index contributed by atoms with van der Waals surface area (Å²) >= 11 is 0. The van der Waals surface area contributed by atoms with Crippen LogP contribution in [0.1, 0.15) is 61.3 Å². The molecule has 3 atom stereocenters. The number of hydrogen-bond donors (Lipinski definition) is 0. The third-order valence-electron chi connectivity index (χ3n) is 4.08. The number of rotatable bonds is 6. The molecule has 0 spiro atoms. The van der Waals surface area contributed by atoms with E-state index in [1.165, 1.54) is 12.8 Å². The average Bonchev–Trinajstić information content (AvgIpc) is 2.16. The van der Waals surface area contributed by atoms with E-state index < -0.39 is 0 Å². The fraction of sp³-hybridized carbons (Fsp3) is 0.929. The standard InChI is InChI=1S/C14H29/c1-8-11(5)14(9-2)13(7)12(6)10(3)4/h10-13H,8-9H2,1-7H3. The summed E-state index contributed by atoms with van der Waals surface area (Å²) < 4.78 is 0. The first-order valence-corrected chi connectivity index (χ1v) is 6.31. The Morgan fingerprint density at radius 1 is 0.929 bits per heavy atom. The summed E-state index contributed by atoms with van der Waals surface area (Å²) in [6, 6.07) is 0. The van der Waals surface area contributed by atoms with E-state index in [4.69, 9.17) is 0 Å². The third kappa shape index (κ3) is 3.63. The van der Waals surface area contributed by atoms with Crippen molar-refractivity contribution in [3.63, 3.8) is 0 Å². The Labute approximate surface area is 91.5 Å². The van der Waals surface area contributed by atoms with Crippen molar-refractivity contribution in [2.75, 3.05) is 0 Å². The summed E-state index contributed by atoms with van der Waals surface area (Å²) in [5.74, 6) is 4.98. The summed E-state index contributed by atoms with van der Waals surface area (Å²) in [7, 11) is 0. The van der Waals surface area contributed by atoms with Crippen molar-refractivity contribution in [3.8, 4) is 0 Å². The summed E-state index contributed by atoms with van der Waals surface area (Å²) in [6.45, 7) is 16.5. The predicted molar refractivity (Wildman–Crippen MR) is 66.2 cm³/mol. The van der Waals surface area contributed by atoms with Crippen LogP contribution in [0.2, 0.25) is 0 Å². The lowest BCUT2D eigenvalue weighted by Crippen LogP contribution is -2.25. The van der Waals surface area contributed by atoms with Crippen molar-refractivity contribution in [1.82, 2.24) is 0 Å². The molecule has 0 bridgehead atoms. The van der Waals surface area contributed by atoms with E-state index in [1.807, 2.05) is 0 Å². The van der Waals surface area contributed by atoms with Crippen molar-refractivity contribution in [1.29, 1.82) is 0 Å². The maximum atomic E-state index is 2.41. The van der Waals surface area contributed by atoms with Gasteiger partial charge >= 0.3 is 0 Å². The molecule has 0 aliphatic rings. The molecule has 0 amide bonds. The minimum atomic E-state index is 0.787. The van der Waals surface area contributed by atoms with E-state index in [0.717, 1.165) is 23.7 Å². The van der Waals surface area contributed by atoms with Crippen LogP contribution in [-0.2, 0) is 0 Å². The lowest BCUT2D eigenvalue weighted by atomic mass is 9.72. The van der Waals surface area contributed by atoms with Gasteiger partial charge in [0, 0.05) is 0 Å². The van der Waals surface area contributed by atoms with Gasteiger partial charge in [-0.15, -0.1) is 0 Å². The van der Waals surface area contributed by atoms with Crippen molar-refractivity contribution in [2.24, 2.45) is 23.7 Å². The van der Waals surface area contributed by atoms with Crippen LogP contribution in [0.15, 0.2) is 0 Å². The van der Waals surface area contributed by atoms with Gasteiger partial charge in [0.25, 0.3) is 0 Å². The first kappa shape index (κ1) is 14.0. The molecule has 0 aliphatic heterocycles. The first-order valence-electron chi connectivity index (χ1n) is 6.31. The average molecular weight is 197 g/mol. The quantitative estimate of drug-likeness (QED) is 0.565. The molecular weight excluding hydrogens is 168 g/mol. The van der Waals surface area contributed by atoms with Crippen LogP contribution in [0.4, 0.5) is 0 Å². The fourth-order valence-electron chi connectivity index (χ4n) is 2.30. The van der Waals surface area contributed by atoms with Crippen LogP contribution < -0.4 is 0 Å². The van der Waals surface area contributed by atoms with E-state index in [2.05, 4.69) is 48.5 Å². The second-order valence-corrected chi connectivity index (χ2v) is 5.13. The Morgan fingerprint density at radius 3 is 1.71 bits per heavy atom. The first-order chi connectivity index (χ1) is 6.45. The molecule has 85 valence electrons. The van der Waals surface area contributed by atoms with Crippen molar-refractivity contribution >= 4 is 0 Å². The molecule has 3 unspecified atom stereocenters. The highest BCUT2D eigenvalue weighted by atomic mass is 14.3. The summed E-state index contributed by atoms with van der Waals surface area (Å²) in [5, 5.41) is 0. The smallest absolute Gasteiger partial charge is 0.0185 e. The lowest BCUT2D eigenvalue weighted by Gasteiger charge is -2.33. The van der Waals surface area contributed by atoms with E-state index >= 15 is 0 Å². The van der Waals surface area contributed by atoms with Gasteiger partial charge in [0.05, 0.1) is 0 Å². The molecule has 0 nitrogen and oxygen atoms in total. The zero-order valence-electron chi connectivity index (χ0n) is 11.2. The van der Waals surface area contributed by atoms with Crippen LogP contribution in [0, 0.1) is 29.6 Å². The molecule has 0 saturated carbocycles. The Bertz CT molecular complexity index is 137. The van der Waals surface area contributed by atoms with Gasteiger partial charge in [-0.2, -0.15) is 0 Å². The molecule has 1 radical (unpaired) electrons. The molecule has 0 heterocycles. The maximum absolute atomic E-state index is 2.41. The summed E-state index contributed by atoms with van der Waals surface area (Å²) in [4.78, 5) is 0. The van der Waals surface area contributed by atoms with Gasteiger partial charge in [0.2, 0.25) is 0 Å². The molecular formula is C14H29. The Hall–Kier alpha value is 0.